The van der Waals surface area contributed by atoms with E-state index in [0.717, 1.165) is 45.0 Å². The number of nitrogens with zero attached hydrogens (tertiary/aromatic N) is 2. The van der Waals surface area contributed by atoms with Crippen molar-refractivity contribution in [2.45, 2.75) is 0 Å². The molecular formula is C22H20N2O4S. The minimum Gasteiger partial charge on any atom is -0.496 e. The number of hydrogen-bond acceptors (Lipinski definition) is 7. The van der Waals surface area contributed by atoms with Crippen LogP contribution in [0.15, 0.2) is 48.5 Å². The summed E-state index contributed by atoms with van der Waals surface area (Å²) in [6.07, 6.45) is 0. The molecule has 0 amide bonds. The molecule has 0 unspecified atom stereocenters. The Morgan fingerprint density at radius 2 is 0.897 bits per heavy atom. The van der Waals surface area contributed by atoms with Crippen LogP contribution in [0.4, 0.5) is 0 Å². The second-order valence-corrected chi connectivity index (χ2v) is 6.73. The maximum atomic E-state index is 5.59. The Labute approximate surface area is 173 Å². The molecule has 0 aliphatic carbocycles. The first-order valence-electron chi connectivity index (χ1n) is 8.91. The lowest BCUT2D eigenvalue weighted by Gasteiger charge is -2.16. The minimum absolute atomic E-state index is 0.710. The molecule has 0 radical (unpaired) electrons. The van der Waals surface area contributed by atoms with Crippen molar-refractivity contribution in [1.29, 1.82) is 0 Å². The van der Waals surface area contributed by atoms with Gasteiger partial charge in [0.05, 0.1) is 51.3 Å². The zero-order chi connectivity index (χ0) is 20.4. The molecule has 0 saturated carbocycles. The average Bonchev–Trinajstić information content (AvgIpc) is 3.27. The molecule has 0 aliphatic heterocycles. The van der Waals surface area contributed by atoms with Crippen LogP contribution in [0.3, 0.4) is 0 Å². The summed E-state index contributed by atoms with van der Waals surface area (Å²) in [5, 5.41) is 0. The Balaban J connectivity index is 2.02. The minimum atomic E-state index is 0.710. The summed E-state index contributed by atoms with van der Waals surface area (Å²) in [6, 6.07) is 15.4. The Hall–Kier alpha value is -3.32. The molecule has 148 valence electrons. The van der Waals surface area contributed by atoms with E-state index in [1.807, 2.05) is 48.5 Å². The fourth-order valence-corrected chi connectivity index (χ4v) is 4.08. The molecule has 3 aromatic carbocycles. The summed E-state index contributed by atoms with van der Waals surface area (Å²) >= 11 is 1.16. The highest BCUT2D eigenvalue weighted by Crippen LogP contribution is 2.46. The van der Waals surface area contributed by atoms with E-state index in [9.17, 15) is 0 Å². The van der Waals surface area contributed by atoms with Crippen molar-refractivity contribution < 1.29 is 18.9 Å². The Morgan fingerprint density at radius 1 is 0.552 bits per heavy atom. The molecule has 0 saturated heterocycles. The van der Waals surface area contributed by atoms with Gasteiger partial charge in [-0.25, -0.2) is 0 Å². The number of methoxy groups -OCH3 is 4. The molecule has 1 aromatic heterocycles. The second kappa shape index (κ2) is 7.97. The lowest BCUT2D eigenvalue weighted by atomic mass is 9.95. The number of aromatic nitrogens is 2. The van der Waals surface area contributed by atoms with Crippen molar-refractivity contribution in [3.8, 4) is 45.3 Å². The third-order valence-electron chi connectivity index (χ3n) is 4.81. The van der Waals surface area contributed by atoms with Crippen LogP contribution < -0.4 is 18.9 Å². The fraction of sp³-hybridized carbons (Fsp3) is 0.182. The first kappa shape index (κ1) is 19.0. The highest BCUT2D eigenvalue weighted by atomic mass is 32.1. The molecular weight excluding hydrogens is 388 g/mol. The van der Waals surface area contributed by atoms with Gasteiger partial charge in [0.15, 0.2) is 0 Å². The summed E-state index contributed by atoms with van der Waals surface area (Å²) < 4.78 is 31.5. The van der Waals surface area contributed by atoms with Gasteiger partial charge in [0.2, 0.25) is 0 Å². The van der Waals surface area contributed by atoms with Crippen LogP contribution in [0, 0.1) is 0 Å². The molecule has 4 aromatic rings. The first-order valence-corrected chi connectivity index (χ1v) is 9.64. The van der Waals surface area contributed by atoms with E-state index in [0.29, 0.717) is 23.0 Å². The van der Waals surface area contributed by atoms with Crippen molar-refractivity contribution in [2.75, 3.05) is 28.4 Å². The van der Waals surface area contributed by atoms with E-state index in [2.05, 4.69) is 8.75 Å². The second-order valence-electron chi connectivity index (χ2n) is 6.20. The quantitative estimate of drug-likeness (QED) is 0.444. The highest BCUT2D eigenvalue weighted by Gasteiger charge is 2.22. The van der Waals surface area contributed by atoms with Crippen molar-refractivity contribution in [1.82, 2.24) is 8.75 Å². The Morgan fingerprint density at radius 3 is 1.21 bits per heavy atom. The smallest absolute Gasteiger partial charge is 0.130 e. The molecule has 29 heavy (non-hydrogen) atoms. The van der Waals surface area contributed by atoms with Gasteiger partial charge in [0.25, 0.3) is 0 Å². The summed E-state index contributed by atoms with van der Waals surface area (Å²) in [6.45, 7) is 0. The van der Waals surface area contributed by atoms with Gasteiger partial charge in [-0.05, 0) is 24.3 Å². The number of benzene rings is 3. The van der Waals surface area contributed by atoms with Gasteiger partial charge in [0.1, 0.15) is 34.0 Å². The number of ether oxygens (including phenoxy) is 4. The van der Waals surface area contributed by atoms with Gasteiger partial charge in [-0.2, -0.15) is 8.75 Å². The summed E-state index contributed by atoms with van der Waals surface area (Å²) in [5.41, 5.74) is 5.00. The summed E-state index contributed by atoms with van der Waals surface area (Å²) in [7, 11) is 6.57. The fourth-order valence-electron chi connectivity index (χ4n) is 3.50. The molecule has 0 atom stereocenters. The molecule has 0 spiro atoms. The largest absolute Gasteiger partial charge is 0.496 e. The van der Waals surface area contributed by atoms with Crippen molar-refractivity contribution >= 4 is 22.8 Å². The predicted octanol–water partition coefficient (Wildman–Crippen LogP) is 5.06. The van der Waals surface area contributed by atoms with Crippen molar-refractivity contribution in [3.05, 3.63) is 48.5 Å². The van der Waals surface area contributed by atoms with E-state index in [1.54, 1.807) is 28.4 Å². The van der Waals surface area contributed by atoms with Gasteiger partial charge in [-0.1, -0.05) is 24.3 Å². The standard InChI is InChI=1S/C22H20N2O4S/c1-25-15-7-5-8-16(26-2)19(15)13-11-12-14(22-21(13)23-29-24-22)20-17(27-3)9-6-10-18(20)28-4/h5-12H,1-4H3. The molecule has 7 heteroatoms. The first-order chi connectivity index (χ1) is 14.2. The molecule has 0 fully saturated rings. The third-order valence-corrected chi connectivity index (χ3v) is 5.34. The van der Waals surface area contributed by atoms with E-state index >= 15 is 0 Å². The number of fused-ring (bicyclic) bond motifs is 1. The molecule has 6 nitrogen and oxygen atoms in total. The van der Waals surface area contributed by atoms with Crippen molar-refractivity contribution in [3.63, 3.8) is 0 Å². The van der Waals surface area contributed by atoms with Gasteiger partial charge in [-0.15, -0.1) is 0 Å². The molecule has 0 aliphatic rings. The van der Waals surface area contributed by atoms with Gasteiger partial charge >= 0.3 is 0 Å². The van der Waals surface area contributed by atoms with Gasteiger partial charge in [-0.3, -0.25) is 0 Å². The highest BCUT2D eigenvalue weighted by molar-refractivity contribution is 7.00. The molecule has 4 rings (SSSR count). The molecule has 1 heterocycles. The van der Waals surface area contributed by atoms with Gasteiger partial charge < -0.3 is 18.9 Å². The topological polar surface area (TPSA) is 62.7 Å². The third kappa shape index (κ3) is 3.13. The van der Waals surface area contributed by atoms with Crippen LogP contribution in [-0.2, 0) is 0 Å². The maximum absolute atomic E-state index is 5.59. The van der Waals surface area contributed by atoms with Crippen LogP contribution in [0.2, 0.25) is 0 Å². The maximum Gasteiger partial charge on any atom is 0.130 e. The molecule has 0 N–H and O–H groups in total. The zero-order valence-electron chi connectivity index (χ0n) is 16.6. The average molecular weight is 408 g/mol. The van der Waals surface area contributed by atoms with Crippen LogP contribution in [0.5, 0.6) is 23.0 Å². The number of rotatable bonds is 6. The zero-order valence-corrected chi connectivity index (χ0v) is 17.4. The summed E-state index contributed by atoms with van der Waals surface area (Å²) in [5.74, 6) is 2.84. The SMILES string of the molecule is COc1cccc(OC)c1-c1ccc(-c2c(OC)cccc2OC)c2nsnc12. The lowest BCUT2D eigenvalue weighted by molar-refractivity contribution is 0.397. The van der Waals surface area contributed by atoms with E-state index in [-0.39, 0.29) is 0 Å². The Kier molecular flexibility index (Phi) is 5.22. The normalized spacial score (nSPS) is 10.8. The molecule has 0 bridgehead atoms. The van der Waals surface area contributed by atoms with Crippen LogP contribution in [-0.4, -0.2) is 37.2 Å². The van der Waals surface area contributed by atoms with Crippen LogP contribution in [0.25, 0.3) is 33.3 Å². The van der Waals surface area contributed by atoms with Crippen molar-refractivity contribution in [2.24, 2.45) is 0 Å². The van der Waals surface area contributed by atoms with Crippen LogP contribution >= 0.6 is 11.7 Å². The van der Waals surface area contributed by atoms with E-state index < -0.39 is 0 Å². The number of hydrogen-bond donors (Lipinski definition) is 0. The predicted molar refractivity (Wildman–Crippen MR) is 114 cm³/mol. The monoisotopic (exact) mass is 408 g/mol. The summed E-state index contributed by atoms with van der Waals surface area (Å²) in [4.78, 5) is 0. The van der Waals surface area contributed by atoms with E-state index in [4.69, 9.17) is 18.9 Å². The van der Waals surface area contributed by atoms with E-state index in [1.165, 1.54) is 0 Å². The lowest BCUT2D eigenvalue weighted by Crippen LogP contribution is -1.96. The Bertz CT molecular complexity index is 1040. The van der Waals surface area contributed by atoms with Crippen LogP contribution in [0.1, 0.15) is 0 Å². The van der Waals surface area contributed by atoms with Gasteiger partial charge in [0, 0.05) is 11.1 Å².